The number of nitrogens with zero attached hydrogens (tertiary/aromatic N) is 3. The van der Waals surface area contributed by atoms with Crippen LogP contribution in [0.3, 0.4) is 0 Å². The quantitative estimate of drug-likeness (QED) is 0.290. The van der Waals surface area contributed by atoms with Gasteiger partial charge in [-0.1, -0.05) is 105 Å². The first-order valence-corrected chi connectivity index (χ1v) is 11.9. The normalized spacial score (nSPS) is 19.6. The van der Waals surface area contributed by atoms with Gasteiger partial charge in [0, 0.05) is 28.0 Å². The fraction of sp³-hybridized carbons (Fsp3) is 0.161. The lowest BCUT2D eigenvalue weighted by Crippen LogP contribution is -2.42. The van der Waals surface area contributed by atoms with Crippen LogP contribution in [0, 0.1) is 0 Å². The highest BCUT2D eigenvalue weighted by atomic mass is 15.3. The van der Waals surface area contributed by atoms with Gasteiger partial charge in [0.05, 0.1) is 17.3 Å². The Bertz CT molecular complexity index is 1550. The maximum atomic E-state index is 5.26. The molecule has 2 aliphatic rings. The van der Waals surface area contributed by atoms with E-state index in [9.17, 15) is 0 Å². The summed E-state index contributed by atoms with van der Waals surface area (Å²) in [7, 11) is 0. The van der Waals surface area contributed by atoms with Crippen LogP contribution >= 0.6 is 0 Å². The predicted molar refractivity (Wildman–Crippen MR) is 139 cm³/mol. The number of rotatable bonds is 2. The third kappa shape index (κ3) is 2.58. The fourth-order valence-corrected chi connectivity index (χ4v) is 6.25. The molecule has 2 heterocycles. The third-order valence-electron chi connectivity index (χ3n) is 7.71. The second-order valence-corrected chi connectivity index (χ2v) is 9.92. The molecule has 164 valence electrons. The Hall–Kier alpha value is -3.98. The Labute approximate surface area is 199 Å². The molecule has 0 bridgehead atoms. The molecule has 0 saturated heterocycles. The van der Waals surface area contributed by atoms with E-state index in [1.807, 2.05) is 6.07 Å². The smallest absolute Gasteiger partial charge is 0.231 e. The van der Waals surface area contributed by atoms with E-state index in [0.29, 0.717) is 5.92 Å². The van der Waals surface area contributed by atoms with Crippen LogP contribution in [-0.2, 0) is 5.41 Å². The molecular formula is C31H25N3. The number of fused-ring (bicyclic) bond motifs is 6. The minimum Gasteiger partial charge on any atom is -0.305 e. The maximum absolute atomic E-state index is 5.26. The van der Waals surface area contributed by atoms with Gasteiger partial charge < -0.3 is 4.90 Å². The van der Waals surface area contributed by atoms with Crippen molar-refractivity contribution in [3.8, 4) is 11.3 Å². The van der Waals surface area contributed by atoms with Crippen molar-refractivity contribution in [1.82, 2.24) is 9.97 Å². The van der Waals surface area contributed by atoms with Crippen LogP contribution < -0.4 is 4.90 Å². The summed E-state index contributed by atoms with van der Waals surface area (Å²) in [5.41, 5.74) is 8.45. The molecule has 4 aromatic carbocycles. The van der Waals surface area contributed by atoms with Gasteiger partial charge in [0.1, 0.15) is 0 Å². The first kappa shape index (κ1) is 19.5. The maximum Gasteiger partial charge on any atom is 0.231 e. The van der Waals surface area contributed by atoms with Crippen molar-refractivity contribution in [2.24, 2.45) is 0 Å². The van der Waals surface area contributed by atoms with E-state index in [1.165, 1.54) is 22.4 Å². The SMILES string of the molecule is CC1(C)c2ccccc2C2c3ccccc3N(c3nc(-c4ccccc4)c4ccccc4n3)C21. The van der Waals surface area contributed by atoms with E-state index >= 15 is 0 Å². The Morgan fingerprint density at radius 1 is 0.676 bits per heavy atom. The van der Waals surface area contributed by atoms with Crippen LogP contribution in [0.15, 0.2) is 103 Å². The van der Waals surface area contributed by atoms with Crippen molar-refractivity contribution >= 4 is 22.5 Å². The van der Waals surface area contributed by atoms with E-state index in [2.05, 4.69) is 116 Å². The van der Waals surface area contributed by atoms with Crippen LogP contribution in [0.5, 0.6) is 0 Å². The number of hydrogen-bond donors (Lipinski definition) is 0. The van der Waals surface area contributed by atoms with Crippen LogP contribution in [0.2, 0.25) is 0 Å². The molecule has 0 radical (unpaired) electrons. The largest absolute Gasteiger partial charge is 0.305 e. The zero-order valence-electron chi connectivity index (χ0n) is 19.3. The molecule has 1 aliphatic carbocycles. The summed E-state index contributed by atoms with van der Waals surface area (Å²) < 4.78 is 0. The lowest BCUT2D eigenvalue weighted by molar-refractivity contribution is 0.427. The van der Waals surface area contributed by atoms with Gasteiger partial charge in [0.25, 0.3) is 0 Å². The minimum atomic E-state index is -0.0534. The molecule has 0 spiro atoms. The molecule has 5 aromatic rings. The molecular weight excluding hydrogens is 414 g/mol. The zero-order chi connectivity index (χ0) is 22.9. The van der Waals surface area contributed by atoms with Gasteiger partial charge in [0.15, 0.2) is 0 Å². The fourth-order valence-electron chi connectivity index (χ4n) is 6.25. The molecule has 0 N–H and O–H groups in total. The van der Waals surface area contributed by atoms with Crippen LogP contribution in [0.1, 0.15) is 36.5 Å². The molecule has 3 heteroatoms. The van der Waals surface area contributed by atoms with Gasteiger partial charge in [-0.15, -0.1) is 0 Å². The number of hydrogen-bond acceptors (Lipinski definition) is 3. The van der Waals surface area contributed by atoms with Crippen molar-refractivity contribution in [2.45, 2.75) is 31.2 Å². The van der Waals surface area contributed by atoms with E-state index < -0.39 is 0 Å². The summed E-state index contributed by atoms with van der Waals surface area (Å²) in [6.07, 6.45) is 0. The Kier molecular flexibility index (Phi) is 4.02. The molecule has 1 aromatic heterocycles. The van der Waals surface area contributed by atoms with Crippen LogP contribution in [0.25, 0.3) is 22.2 Å². The Morgan fingerprint density at radius 3 is 2.21 bits per heavy atom. The highest BCUT2D eigenvalue weighted by Gasteiger charge is 2.55. The summed E-state index contributed by atoms with van der Waals surface area (Å²) in [5.74, 6) is 1.08. The van der Waals surface area contributed by atoms with Crippen molar-refractivity contribution in [3.63, 3.8) is 0 Å². The molecule has 0 saturated carbocycles. The van der Waals surface area contributed by atoms with E-state index in [-0.39, 0.29) is 11.5 Å². The van der Waals surface area contributed by atoms with Crippen LogP contribution in [-0.4, -0.2) is 16.0 Å². The van der Waals surface area contributed by atoms with E-state index in [0.717, 1.165) is 28.1 Å². The second-order valence-electron chi connectivity index (χ2n) is 9.92. The molecule has 7 rings (SSSR count). The average molecular weight is 440 g/mol. The van der Waals surface area contributed by atoms with E-state index in [1.54, 1.807) is 0 Å². The molecule has 2 unspecified atom stereocenters. The summed E-state index contributed by atoms with van der Waals surface area (Å²) >= 11 is 0. The monoisotopic (exact) mass is 439 g/mol. The molecule has 0 amide bonds. The number of para-hydroxylation sites is 2. The first-order valence-electron chi connectivity index (χ1n) is 11.9. The first-order chi connectivity index (χ1) is 16.6. The third-order valence-corrected chi connectivity index (χ3v) is 7.71. The molecule has 0 fully saturated rings. The van der Waals surface area contributed by atoms with Gasteiger partial charge in [-0.05, 0) is 28.8 Å². The molecule has 1 aliphatic heterocycles. The van der Waals surface area contributed by atoms with Crippen molar-refractivity contribution < 1.29 is 0 Å². The standard InChI is InChI=1S/C31H25N3/c1-31(2)24-17-9-6-14-21(24)27-23-16-8-11-19-26(23)34(29(27)31)30-32-25-18-10-7-15-22(25)28(33-30)20-12-4-3-5-13-20/h3-19,27,29H,1-2H3. The average Bonchev–Trinajstić information content (AvgIpc) is 3.35. The Morgan fingerprint density at radius 2 is 1.35 bits per heavy atom. The number of aromatic nitrogens is 2. The molecule has 3 nitrogen and oxygen atoms in total. The van der Waals surface area contributed by atoms with Gasteiger partial charge in [-0.2, -0.15) is 0 Å². The van der Waals surface area contributed by atoms with Crippen molar-refractivity contribution in [2.75, 3.05) is 4.90 Å². The topological polar surface area (TPSA) is 29.0 Å². The van der Waals surface area contributed by atoms with Crippen LogP contribution in [0.4, 0.5) is 11.6 Å². The number of anilines is 2. The summed E-state index contributed by atoms with van der Waals surface area (Å²) in [5, 5.41) is 1.08. The summed E-state index contributed by atoms with van der Waals surface area (Å²) in [6, 6.07) is 36.8. The van der Waals surface area contributed by atoms with E-state index in [4.69, 9.17) is 9.97 Å². The van der Waals surface area contributed by atoms with Gasteiger partial charge >= 0.3 is 0 Å². The van der Waals surface area contributed by atoms with Gasteiger partial charge in [-0.3, -0.25) is 0 Å². The molecule has 34 heavy (non-hydrogen) atoms. The van der Waals surface area contributed by atoms with Gasteiger partial charge in [-0.25, -0.2) is 9.97 Å². The lowest BCUT2D eigenvalue weighted by atomic mass is 9.81. The van der Waals surface area contributed by atoms with Crippen molar-refractivity contribution in [1.29, 1.82) is 0 Å². The molecule has 2 atom stereocenters. The summed E-state index contributed by atoms with van der Waals surface area (Å²) in [6.45, 7) is 4.74. The van der Waals surface area contributed by atoms with Gasteiger partial charge in [0.2, 0.25) is 5.95 Å². The summed E-state index contributed by atoms with van der Waals surface area (Å²) in [4.78, 5) is 12.8. The number of benzene rings is 4. The lowest BCUT2D eigenvalue weighted by Gasteiger charge is -2.36. The second kappa shape index (κ2) is 7.01. The predicted octanol–water partition coefficient (Wildman–Crippen LogP) is 7.24. The zero-order valence-corrected chi connectivity index (χ0v) is 19.3. The highest BCUT2D eigenvalue weighted by molar-refractivity contribution is 5.94. The minimum absolute atomic E-state index is 0.0534. The highest BCUT2D eigenvalue weighted by Crippen LogP contribution is 2.59. The van der Waals surface area contributed by atoms with Crippen molar-refractivity contribution in [3.05, 3.63) is 120 Å². The Balaban J connectivity index is 1.51.